The molecule has 0 aliphatic heterocycles. The molecular formula is C21H22FN3O3. The molecule has 0 radical (unpaired) electrons. The van der Waals surface area contributed by atoms with Gasteiger partial charge in [0.2, 0.25) is 0 Å². The van der Waals surface area contributed by atoms with Gasteiger partial charge in [-0.25, -0.2) is 9.37 Å². The van der Waals surface area contributed by atoms with Crippen LogP contribution in [0.2, 0.25) is 0 Å². The molecule has 1 amide bonds. The van der Waals surface area contributed by atoms with E-state index < -0.39 is 5.82 Å². The van der Waals surface area contributed by atoms with Crippen molar-refractivity contribution >= 4 is 17.3 Å². The number of nitrogens with zero attached hydrogens (tertiary/aromatic N) is 3. The molecule has 6 nitrogen and oxygen atoms in total. The van der Waals surface area contributed by atoms with Crippen LogP contribution in [0.15, 0.2) is 30.5 Å². The Morgan fingerprint density at radius 2 is 1.82 bits per heavy atom. The Morgan fingerprint density at radius 3 is 2.43 bits per heavy atom. The van der Waals surface area contributed by atoms with Crippen molar-refractivity contribution in [2.24, 2.45) is 0 Å². The van der Waals surface area contributed by atoms with Gasteiger partial charge in [-0.3, -0.25) is 9.59 Å². The Labute approximate surface area is 162 Å². The maximum atomic E-state index is 13.1. The molecule has 0 fully saturated rings. The molecule has 0 aliphatic carbocycles. The molecule has 2 heterocycles. The van der Waals surface area contributed by atoms with Crippen molar-refractivity contribution in [1.82, 2.24) is 14.3 Å². The second-order valence-electron chi connectivity index (χ2n) is 6.98. The summed E-state index contributed by atoms with van der Waals surface area (Å²) < 4.78 is 14.7. The second-order valence-corrected chi connectivity index (χ2v) is 6.98. The molecule has 0 atom stereocenters. The van der Waals surface area contributed by atoms with Gasteiger partial charge >= 0.3 is 0 Å². The first-order chi connectivity index (χ1) is 13.2. The van der Waals surface area contributed by atoms with E-state index in [-0.39, 0.29) is 30.3 Å². The highest BCUT2D eigenvalue weighted by Crippen LogP contribution is 2.30. The standard InChI is InChI=1S/C21H22FN3O3/c1-12-13(2)25-11-17(21(28)24(3)4)16(19(27)20(25)23-12)9-10-18(26)14-5-7-15(22)8-6-14/h5-8,11,27H,9-10H2,1-4H3. The first kappa shape index (κ1) is 19.5. The van der Waals surface area contributed by atoms with E-state index in [9.17, 15) is 19.1 Å². The number of halogens is 1. The number of carbonyl (C=O) groups excluding carboxylic acids is 2. The number of benzene rings is 1. The first-order valence-corrected chi connectivity index (χ1v) is 8.91. The molecule has 0 bridgehead atoms. The summed E-state index contributed by atoms with van der Waals surface area (Å²) in [6, 6.07) is 5.31. The van der Waals surface area contributed by atoms with Gasteiger partial charge in [0.05, 0.1) is 11.3 Å². The number of pyridine rings is 1. The fraction of sp³-hybridized carbons (Fsp3) is 0.286. The van der Waals surface area contributed by atoms with Gasteiger partial charge in [0.1, 0.15) is 5.82 Å². The molecule has 0 unspecified atom stereocenters. The Hall–Kier alpha value is -3.22. The lowest BCUT2D eigenvalue weighted by Gasteiger charge is -2.16. The zero-order valence-electron chi connectivity index (χ0n) is 16.3. The number of imidazole rings is 1. The van der Waals surface area contributed by atoms with Crippen LogP contribution in [0, 0.1) is 19.7 Å². The monoisotopic (exact) mass is 383 g/mol. The van der Waals surface area contributed by atoms with Gasteiger partial charge in [-0.05, 0) is 44.5 Å². The zero-order valence-corrected chi connectivity index (χ0v) is 16.3. The quantitative estimate of drug-likeness (QED) is 0.686. The molecule has 7 heteroatoms. The van der Waals surface area contributed by atoms with E-state index in [1.54, 1.807) is 24.7 Å². The number of aromatic hydroxyl groups is 1. The highest BCUT2D eigenvalue weighted by molar-refractivity contribution is 5.98. The van der Waals surface area contributed by atoms with Crippen LogP contribution in [0.3, 0.4) is 0 Å². The Morgan fingerprint density at radius 1 is 1.18 bits per heavy atom. The lowest BCUT2D eigenvalue weighted by Crippen LogP contribution is -2.24. The Bertz CT molecular complexity index is 1070. The van der Waals surface area contributed by atoms with Crippen LogP contribution in [0.5, 0.6) is 5.75 Å². The summed E-state index contributed by atoms with van der Waals surface area (Å²) in [7, 11) is 3.26. The molecule has 1 N–H and O–H groups in total. The fourth-order valence-electron chi connectivity index (χ4n) is 3.12. The third-order valence-corrected chi connectivity index (χ3v) is 4.87. The van der Waals surface area contributed by atoms with Gasteiger partial charge in [0.15, 0.2) is 17.2 Å². The molecule has 28 heavy (non-hydrogen) atoms. The molecule has 2 aromatic heterocycles. The molecule has 1 aromatic carbocycles. The van der Waals surface area contributed by atoms with Crippen LogP contribution >= 0.6 is 0 Å². The van der Waals surface area contributed by atoms with E-state index in [4.69, 9.17) is 0 Å². The number of aromatic nitrogens is 2. The minimum atomic E-state index is -0.413. The van der Waals surface area contributed by atoms with E-state index in [1.807, 2.05) is 13.8 Å². The van der Waals surface area contributed by atoms with Crippen molar-refractivity contribution in [1.29, 1.82) is 0 Å². The van der Waals surface area contributed by atoms with Crippen molar-refractivity contribution in [3.63, 3.8) is 0 Å². The van der Waals surface area contributed by atoms with Crippen LogP contribution in [-0.4, -0.2) is 45.2 Å². The van der Waals surface area contributed by atoms with Gasteiger partial charge in [0.25, 0.3) is 5.91 Å². The number of Topliss-reactive ketones (excluding diaryl/α,β-unsaturated/α-hetero) is 1. The van der Waals surface area contributed by atoms with E-state index in [0.717, 1.165) is 11.4 Å². The van der Waals surface area contributed by atoms with Crippen LogP contribution in [-0.2, 0) is 6.42 Å². The number of carbonyl (C=O) groups is 2. The van der Waals surface area contributed by atoms with Crippen molar-refractivity contribution in [2.75, 3.05) is 14.1 Å². The topological polar surface area (TPSA) is 74.9 Å². The molecule has 146 valence electrons. The third-order valence-electron chi connectivity index (χ3n) is 4.87. The fourth-order valence-corrected chi connectivity index (χ4v) is 3.12. The van der Waals surface area contributed by atoms with Crippen LogP contribution in [0.25, 0.3) is 5.65 Å². The van der Waals surface area contributed by atoms with Crippen LogP contribution < -0.4 is 0 Å². The number of ketones is 1. The van der Waals surface area contributed by atoms with E-state index >= 15 is 0 Å². The predicted molar refractivity (Wildman–Crippen MR) is 103 cm³/mol. The number of amides is 1. The maximum absolute atomic E-state index is 13.1. The lowest BCUT2D eigenvalue weighted by atomic mass is 9.98. The summed E-state index contributed by atoms with van der Waals surface area (Å²) in [5, 5.41) is 10.8. The van der Waals surface area contributed by atoms with E-state index in [0.29, 0.717) is 22.3 Å². The van der Waals surface area contributed by atoms with Crippen LogP contribution in [0.4, 0.5) is 4.39 Å². The van der Waals surface area contributed by atoms with Gasteiger partial charge < -0.3 is 14.4 Å². The normalized spacial score (nSPS) is 11.0. The Balaban J connectivity index is 2.01. The summed E-state index contributed by atoms with van der Waals surface area (Å²) in [6.07, 6.45) is 1.89. The van der Waals surface area contributed by atoms with Crippen molar-refractivity contribution in [2.45, 2.75) is 26.7 Å². The Kier molecular flexibility index (Phi) is 5.18. The summed E-state index contributed by atoms with van der Waals surface area (Å²) in [5.74, 6) is -0.982. The second kappa shape index (κ2) is 7.42. The van der Waals surface area contributed by atoms with Gasteiger partial charge in [0, 0.05) is 43.5 Å². The number of hydrogen-bond acceptors (Lipinski definition) is 4. The zero-order chi connectivity index (χ0) is 20.6. The molecule has 3 aromatic rings. The van der Waals surface area contributed by atoms with Crippen molar-refractivity contribution < 1.29 is 19.1 Å². The molecule has 0 spiro atoms. The average Bonchev–Trinajstić information content (AvgIpc) is 2.95. The van der Waals surface area contributed by atoms with Crippen molar-refractivity contribution in [3.8, 4) is 5.75 Å². The smallest absolute Gasteiger partial charge is 0.255 e. The molecular weight excluding hydrogens is 361 g/mol. The highest BCUT2D eigenvalue weighted by atomic mass is 19.1. The SMILES string of the molecule is Cc1nc2c(O)c(CCC(=O)c3ccc(F)cc3)c(C(=O)N(C)C)cn2c1C. The molecule has 3 rings (SSSR count). The van der Waals surface area contributed by atoms with Crippen LogP contribution in [0.1, 0.15) is 44.1 Å². The minimum Gasteiger partial charge on any atom is -0.504 e. The molecule has 0 aliphatic rings. The van der Waals surface area contributed by atoms with Gasteiger partial charge in [-0.15, -0.1) is 0 Å². The number of hydrogen-bond donors (Lipinski definition) is 1. The number of rotatable bonds is 5. The minimum absolute atomic E-state index is 0.0712. The number of aryl methyl sites for hydroxylation is 2. The van der Waals surface area contributed by atoms with Gasteiger partial charge in [-0.1, -0.05) is 0 Å². The van der Waals surface area contributed by atoms with E-state index in [1.165, 1.54) is 29.2 Å². The maximum Gasteiger partial charge on any atom is 0.255 e. The summed E-state index contributed by atoms with van der Waals surface area (Å²) >= 11 is 0. The largest absolute Gasteiger partial charge is 0.504 e. The summed E-state index contributed by atoms with van der Waals surface area (Å²) in [4.78, 5) is 30.9. The summed E-state index contributed by atoms with van der Waals surface area (Å²) in [6.45, 7) is 3.68. The number of fused-ring (bicyclic) bond motifs is 1. The average molecular weight is 383 g/mol. The van der Waals surface area contributed by atoms with Gasteiger partial charge in [-0.2, -0.15) is 0 Å². The highest BCUT2D eigenvalue weighted by Gasteiger charge is 2.23. The van der Waals surface area contributed by atoms with E-state index in [2.05, 4.69) is 4.98 Å². The first-order valence-electron chi connectivity index (χ1n) is 8.91. The third kappa shape index (κ3) is 3.47. The predicted octanol–water partition coefficient (Wildman–Crippen LogP) is 3.31. The summed E-state index contributed by atoms with van der Waals surface area (Å²) in [5.41, 5.74) is 3.02. The van der Waals surface area contributed by atoms with Crippen molar-refractivity contribution in [3.05, 3.63) is 64.4 Å². The molecule has 0 saturated carbocycles. The molecule has 0 saturated heterocycles. The lowest BCUT2D eigenvalue weighted by molar-refractivity contribution is 0.0824.